The van der Waals surface area contributed by atoms with E-state index in [-0.39, 0.29) is 17.9 Å². The van der Waals surface area contributed by atoms with Gasteiger partial charge in [-0.15, -0.1) is 10.2 Å². The van der Waals surface area contributed by atoms with Gasteiger partial charge in [0, 0.05) is 19.2 Å². The summed E-state index contributed by atoms with van der Waals surface area (Å²) >= 11 is 0. The number of aryl methyl sites for hydroxylation is 1. The van der Waals surface area contributed by atoms with Gasteiger partial charge in [0.1, 0.15) is 30.7 Å². The van der Waals surface area contributed by atoms with Gasteiger partial charge < -0.3 is 18.9 Å². The highest BCUT2D eigenvalue weighted by atomic mass is 16.5. The molecule has 1 aromatic carbocycles. The second-order valence-electron chi connectivity index (χ2n) is 5.85. The first-order valence-electron chi connectivity index (χ1n) is 7.70. The Labute approximate surface area is 133 Å². The number of carbonyl (C=O) groups excluding carboxylic acids is 1. The summed E-state index contributed by atoms with van der Waals surface area (Å²) in [7, 11) is 1.88. The van der Waals surface area contributed by atoms with Crippen molar-refractivity contribution in [1.29, 1.82) is 0 Å². The van der Waals surface area contributed by atoms with Gasteiger partial charge >= 0.3 is 0 Å². The fraction of sp³-hybridized carbons (Fsp3) is 0.438. The van der Waals surface area contributed by atoms with Crippen molar-refractivity contribution in [2.75, 3.05) is 26.3 Å². The predicted octanol–water partition coefficient (Wildman–Crippen LogP) is 0.891. The van der Waals surface area contributed by atoms with Crippen LogP contribution in [0.3, 0.4) is 0 Å². The van der Waals surface area contributed by atoms with Crippen LogP contribution >= 0.6 is 0 Å². The van der Waals surface area contributed by atoms with Crippen molar-refractivity contribution in [2.24, 2.45) is 7.05 Å². The Hall–Kier alpha value is -2.41. The lowest BCUT2D eigenvalue weighted by atomic mass is 9.99. The van der Waals surface area contributed by atoms with Gasteiger partial charge in [0.2, 0.25) is 5.91 Å². The molecule has 2 aliphatic heterocycles. The maximum atomic E-state index is 12.9. The van der Waals surface area contributed by atoms with Crippen LogP contribution in [0, 0.1) is 0 Å². The van der Waals surface area contributed by atoms with E-state index in [4.69, 9.17) is 9.47 Å². The molecule has 3 heterocycles. The average molecular weight is 314 g/mol. The van der Waals surface area contributed by atoms with E-state index in [1.165, 1.54) is 0 Å². The van der Waals surface area contributed by atoms with Crippen LogP contribution in [0.15, 0.2) is 30.6 Å². The normalized spacial score (nSPS) is 23.4. The fourth-order valence-corrected chi connectivity index (χ4v) is 3.18. The molecule has 120 valence electrons. The molecule has 4 rings (SSSR count). The third kappa shape index (κ3) is 2.46. The SMILES string of the molecule is Cn1cnnc1[C@H]1CN(C(=O)[C@@H]2COc3ccccc32)CCO1. The highest BCUT2D eigenvalue weighted by Gasteiger charge is 2.36. The number of rotatable bonds is 2. The van der Waals surface area contributed by atoms with Gasteiger partial charge in [-0.3, -0.25) is 4.79 Å². The number of ether oxygens (including phenoxy) is 2. The van der Waals surface area contributed by atoms with E-state index in [0.29, 0.717) is 26.3 Å². The summed E-state index contributed by atoms with van der Waals surface area (Å²) in [5, 5.41) is 7.98. The van der Waals surface area contributed by atoms with Crippen LogP contribution in [-0.2, 0) is 16.6 Å². The summed E-state index contributed by atoms with van der Waals surface area (Å²) in [5.41, 5.74) is 0.971. The summed E-state index contributed by atoms with van der Waals surface area (Å²) in [6.45, 7) is 1.98. The molecule has 0 aliphatic carbocycles. The molecular formula is C16H18N4O3. The minimum atomic E-state index is -0.238. The van der Waals surface area contributed by atoms with Crippen molar-refractivity contribution in [3.05, 3.63) is 42.0 Å². The number of carbonyl (C=O) groups is 1. The molecule has 1 saturated heterocycles. The van der Waals surface area contributed by atoms with Gasteiger partial charge in [-0.1, -0.05) is 18.2 Å². The van der Waals surface area contributed by atoms with Crippen molar-refractivity contribution < 1.29 is 14.3 Å². The topological polar surface area (TPSA) is 69.5 Å². The molecule has 2 aromatic rings. The van der Waals surface area contributed by atoms with Crippen LogP contribution in [0.5, 0.6) is 5.75 Å². The predicted molar refractivity (Wildman–Crippen MR) is 81.0 cm³/mol. The number of amides is 1. The summed E-state index contributed by atoms with van der Waals surface area (Å²) in [6, 6.07) is 7.73. The van der Waals surface area contributed by atoms with Crippen LogP contribution < -0.4 is 4.74 Å². The van der Waals surface area contributed by atoms with Gasteiger partial charge in [-0.05, 0) is 6.07 Å². The monoisotopic (exact) mass is 314 g/mol. The van der Waals surface area contributed by atoms with Crippen LogP contribution in [0.4, 0.5) is 0 Å². The molecule has 7 nitrogen and oxygen atoms in total. The summed E-state index contributed by atoms with van der Waals surface area (Å²) < 4.78 is 13.2. The van der Waals surface area contributed by atoms with Crippen LogP contribution in [0.2, 0.25) is 0 Å². The Morgan fingerprint density at radius 3 is 3.04 bits per heavy atom. The van der Waals surface area contributed by atoms with Gasteiger partial charge in [0.05, 0.1) is 13.2 Å². The van der Waals surface area contributed by atoms with Crippen molar-refractivity contribution in [2.45, 2.75) is 12.0 Å². The van der Waals surface area contributed by atoms with Gasteiger partial charge in [-0.25, -0.2) is 0 Å². The minimum Gasteiger partial charge on any atom is -0.492 e. The lowest BCUT2D eigenvalue weighted by Crippen LogP contribution is -2.45. The van der Waals surface area contributed by atoms with Gasteiger partial charge in [0.25, 0.3) is 0 Å². The number of hydrogen-bond acceptors (Lipinski definition) is 5. The lowest BCUT2D eigenvalue weighted by molar-refractivity contribution is -0.141. The van der Waals surface area contributed by atoms with E-state index < -0.39 is 0 Å². The van der Waals surface area contributed by atoms with Crippen LogP contribution in [0.25, 0.3) is 0 Å². The van der Waals surface area contributed by atoms with E-state index >= 15 is 0 Å². The Morgan fingerprint density at radius 1 is 1.35 bits per heavy atom. The number of hydrogen-bond donors (Lipinski definition) is 0. The molecule has 1 amide bonds. The summed E-state index contributed by atoms with van der Waals surface area (Å²) in [4.78, 5) is 14.8. The van der Waals surface area contributed by atoms with E-state index in [1.807, 2.05) is 40.8 Å². The van der Waals surface area contributed by atoms with Crippen molar-refractivity contribution >= 4 is 5.91 Å². The maximum absolute atomic E-state index is 12.9. The van der Waals surface area contributed by atoms with E-state index in [2.05, 4.69) is 10.2 Å². The molecule has 0 N–H and O–H groups in total. The number of nitrogens with zero attached hydrogens (tertiary/aromatic N) is 4. The zero-order chi connectivity index (χ0) is 15.8. The Kier molecular flexibility index (Phi) is 3.49. The molecule has 23 heavy (non-hydrogen) atoms. The molecule has 1 aromatic heterocycles. The standard InChI is InChI=1S/C16H18N4O3/c1-19-10-17-18-15(19)14-8-20(6-7-22-14)16(21)12-9-23-13-5-3-2-4-11(12)13/h2-5,10,12,14H,6-9H2,1H3/t12-,14-/m1/s1. The minimum absolute atomic E-state index is 0.0884. The van der Waals surface area contributed by atoms with Crippen molar-refractivity contribution in [3.63, 3.8) is 0 Å². The average Bonchev–Trinajstić information content (AvgIpc) is 3.20. The second-order valence-corrected chi connectivity index (χ2v) is 5.85. The quantitative estimate of drug-likeness (QED) is 0.823. The largest absolute Gasteiger partial charge is 0.492 e. The number of aromatic nitrogens is 3. The molecule has 0 unspecified atom stereocenters. The molecular weight excluding hydrogens is 296 g/mol. The first kappa shape index (κ1) is 14.2. The van der Waals surface area contributed by atoms with Crippen LogP contribution in [-0.4, -0.2) is 51.9 Å². The number of benzene rings is 1. The highest BCUT2D eigenvalue weighted by Crippen LogP contribution is 2.35. The molecule has 2 atom stereocenters. The Balaban J connectivity index is 1.52. The van der Waals surface area contributed by atoms with E-state index in [1.54, 1.807) is 6.33 Å². The zero-order valence-electron chi connectivity index (χ0n) is 12.9. The van der Waals surface area contributed by atoms with Crippen LogP contribution in [0.1, 0.15) is 23.4 Å². The first-order valence-corrected chi connectivity index (χ1v) is 7.70. The number of fused-ring (bicyclic) bond motifs is 1. The summed E-state index contributed by atoms with van der Waals surface area (Å²) in [5.74, 6) is 1.41. The fourth-order valence-electron chi connectivity index (χ4n) is 3.18. The molecule has 0 radical (unpaired) electrons. The Morgan fingerprint density at radius 2 is 2.22 bits per heavy atom. The molecule has 2 aliphatic rings. The molecule has 0 spiro atoms. The molecule has 0 bridgehead atoms. The molecule has 7 heteroatoms. The third-order valence-electron chi connectivity index (χ3n) is 4.41. The molecule has 0 saturated carbocycles. The lowest BCUT2D eigenvalue weighted by Gasteiger charge is -2.33. The summed E-state index contributed by atoms with van der Waals surface area (Å²) in [6.07, 6.45) is 1.40. The van der Waals surface area contributed by atoms with Gasteiger partial charge in [0.15, 0.2) is 5.82 Å². The zero-order valence-corrected chi connectivity index (χ0v) is 12.9. The highest BCUT2D eigenvalue weighted by molar-refractivity contribution is 5.85. The number of morpholine rings is 1. The molecule has 1 fully saturated rings. The third-order valence-corrected chi connectivity index (χ3v) is 4.41. The van der Waals surface area contributed by atoms with Gasteiger partial charge in [-0.2, -0.15) is 0 Å². The van der Waals surface area contributed by atoms with Crippen molar-refractivity contribution in [1.82, 2.24) is 19.7 Å². The second kappa shape index (κ2) is 5.66. The number of para-hydroxylation sites is 1. The van der Waals surface area contributed by atoms with E-state index in [9.17, 15) is 4.79 Å². The van der Waals surface area contributed by atoms with E-state index in [0.717, 1.165) is 17.1 Å². The Bertz CT molecular complexity index is 730. The maximum Gasteiger partial charge on any atom is 0.233 e. The van der Waals surface area contributed by atoms with Crippen molar-refractivity contribution in [3.8, 4) is 5.75 Å². The smallest absolute Gasteiger partial charge is 0.233 e. The first-order chi connectivity index (χ1) is 11.2.